The summed E-state index contributed by atoms with van der Waals surface area (Å²) in [7, 11) is -3.41. The molecule has 0 amide bonds. The lowest BCUT2D eigenvalue weighted by Crippen LogP contribution is -2.41. The van der Waals surface area contributed by atoms with E-state index in [0.29, 0.717) is 6.42 Å². The van der Waals surface area contributed by atoms with Crippen molar-refractivity contribution >= 4 is 32.7 Å². The third-order valence-corrected chi connectivity index (χ3v) is 6.29. The zero-order valence-electron chi connectivity index (χ0n) is 8.71. The normalized spacial score (nSPS) is 49.8. The van der Waals surface area contributed by atoms with Crippen molar-refractivity contribution in [2.45, 2.75) is 53.5 Å². The van der Waals surface area contributed by atoms with Crippen LogP contribution in [0.3, 0.4) is 0 Å². The molecule has 0 aromatic heterocycles. The van der Waals surface area contributed by atoms with Crippen LogP contribution >= 0.6 is 22.6 Å². The summed E-state index contributed by atoms with van der Waals surface area (Å²) in [6, 6.07) is 0. The standard InChI is InChI=1S/C9H13IO5S/c1-2-6(10)14-7-4-3-5-8(13-4)9(7)15-16(5,11)12/h4-9H,2-3H2,1H3. The Balaban J connectivity index is 1.81. The van der Waals surface area contributed by atoms with E-state index in [1.165, 1.54) is 0 Å². The minimum absolute atomic E-state index is 0.0795. The number of fused-ring (bicyclic) bond motifs is 1. The molecule has 3 rings (SSSR count). The molecule has 0 spiro atoms. The van der Waals surface area contributed by atoms with Crippen LogP contribution in [0.4, 0.5) is 0 Å². The first kappa shape index (κ1) is 11.6. The summed E-state index contributed by atoms with van der Waals surface area (Å²) in [5.41, 5.74) is 0. The van der Waals surface area contributed by atoms with Crippen LogP contribution in [-0.4, -0.2) is 42.2 Å². The second-order valence-corrected chi connectivity index (χ2v) is 7.56. The first-order chi connectivity index (χ1) is 7.53. The van der Waals surface area contributed by atoms with Crippen LogP contribution in [0.25, 0.3) is 0 Å². The summed E-state index contributed by atoms with van der Waals surface area (Å²) in [5.74, 6) is 0. The number of halogens is 1. The van der Waals surface area contributed by atoms with Gasteiger partial charge >= 0.3 is 0 Å². The molecule has 0 radical (unpaired) electrons. The smallest absolute Gasteiger partial charge is 0.273 e. The summed E-state index contributed by atoms with van der Waals surface area (Å²) in [4.78, 5) is 0. The molecule has 92 valence electrons. The molecule has 2 bridgehead atoms. The van der Waals surface area contributed by atoms with Crippen LogP contribution in [0.1, 0.15) is 19.8 Å². The van der Waals surface area contributed by atoms with Crippen LogP contribution in [0.15, 0.2) is 0 Å². The molecule has 0 aromatic rings. The van der Waals surface area contributed by atoms with Crippen molar-refractivity contribution in [3.05, 3.63) is 0 Å². The van der Waals surface area contributed by atoms with Gasteiger partial charge in [-0.3, -0.25) is 4.18 Å². The van der Waals surface area contributed by atoms with Crippen molar-refractivity contribution in [3.63, 3.8) is 0 Å². The number of alkyl halides is 1. The molecular weight excluding hydrogens is 347 g/mol. The topological polar surface area (TPSA) is 61.8 Å². The maximum Gasteiger partial charge on any atom is 0.273 e. The SMILES string of the molecule is CCC(I)OC1C2CC3C(O2)C1OS3(=O)=O. The summed E-state index contributed by atoms with van der Waals surface area (Å²) >= 11 is 2.20. The average Bonchev–Trinajstić information content (AvgIpc) is 2.81. The van der Waals surface area contributed by atoms with E-state index in [9.17, 15) is 8.42 Å². The van der Waals surface area contributed by atoms with Gasteiger partial charge in [-0.1, -0.05) is 29.5 Å². The molecule has 0 saturated carbocycles. The summed E-state index contributed by atoms with van der Waals surface area (Å²) < 4.78 is 39.8. The molecule has 5 nitrogen and oxygen atoms in total. The highest BCUT2D eigenvalue weighted by Crippen LogP contribution is 2.48. The van der Waals surface area contributed by atoms with E-state index >= 15 is 0 Å². The van der Waals surface area contributed by atoms with Crippen LogP contribution in [0.2, 0.25) is 0 Å². The summed E-state index contributed by atoms with van der Waals surface area (Å²) in [5, 5.41) is -0.461. The highest BCUT2D eigenvalue weighted by Gasteiger charge is 2.66. The van der Waals surface area contributed by atoms with E-state index in [1.54, 1.807) is 0 Å². The highest BCUT2D eigenvalue weighted by molar-refractivity contribution is 14.1. The molecule has 3 aliphatic rings. The minimum Gasteiger partial charge on any atom is -0.368 e. The fourth-order valence-corrected chi connectivity index (χ4v) is 4.64. The minimum atomic E-state index is -3.41. The largest absolute Gasteiger partial charge is 0.368 e. The van der Waals surface area contributed by atoms with Crippen molar-refractivity contribution in [3.8, 4) is 0 Å². The van der Waals surface area contributed by atoms with Gasteiger partial charge in [0.2, 0.25) is 0 Å². The van der Waals surface area contributed by atoms with Crippen molar-refractivity contribution in [2.24, 2.45) is 0 Å². The second-order valence-electron chi connectivity index (χ2n) is 4.39. The first-order valence-electron chi connectivity index (χ1n) is 5.40. The molecule has 3 heterocycles. The lowest BCUT2D eigenvalue weighted by Gasteiger charge is -2.24. The van der Waals surface area contributed by atoms with E-state index in [1.807, 2.05) is 6.92 Å². The molecule has 6 atom stereocenters. The molecule has 16 heavy (non-hydrogen) atoms. The number of ether oxygens (including phenoxy) is 2. The molecule has 3 saturated heterocycles. The zero-order chi connectivity index (χ0) is 11.5. The van der Waals surface area contributed by atoms with Crippen molar-refractivity contribution < 1.29 is 22.1 Å². The van der Waals surface area contributed by atoms with Crippen molar-refractivity contribution in [1.82, 2.24) is 0 Å². The van der Waals surface area contributed by atoms with E-state index in [-0.39, 0.29) is 22.4 Å². The van der Waals surface area contributed by atoms with Crippen LogP contribution in [0, 0.1) is 0 Å². The Kier molecular flexibility index (Phi) is 2.75. The van der Waals surface area contributed by atoms with Gasteiger partial charge in [-0.25, -0.2) is 0 Å². The molecule has 0 aromatic carbocycles. The van der Waals surface area contributed by atoms with E-state index in [2.05, 4.69) is 22.6 Å². The molecule has 6 unspecified atom stereocenters. The third-order valence-electron chi connectivity index (χ3n) is 3.42. The van der Waals surface area contributed by atoms with Gasteiger partial charge in [-0.15, -0.1) is 0 Å². The second kappa shape index (κ2) is 3.78. The Hall–Kier alpha value is 0.560. The van der Waals surface area contributed by atoms with Crippen molar-refractivity contribution in [1.29, 1.82) is 0 Å². The van der Waals surface area contributed by atoms with E-state index in [4.69, 9.17) is 13.7 Å². The summed E-state index contributed by atoms with van der Waals surface area (Å²) in [6.45, 7) is 2.03. The summed E-state index contributed by atoms with van der Waals surface area (Å²) in [6.07, 6.45) is 0.345. The Morgan fingerprint density at radius 3 is 2.94 bits per heavy atom. The predicted molar refractivity (Wildman–Crippen MR) is 63.8 cm³/mol. The number of rotatable bonds is 3. The average molecular weight is 360 g/mol. The van der Waals surface area contributed by atoms with Crippen LogP contribution < -0.4 is 0 Å². The van der Waals surface area contributed by atoms with Gasteiger partial charge in [0.05, 0.1) is 6.10 Å². The van der Waals surface area contributed by atoms with Gasteiger partial charge in [0.1, 0.15) is 27.7 Å². The van der Waals surface area contributed by atoms with E-state index < -0.39 is 21.5 Å². The number of hydrogen-bond donors (Lipinski definition) is 0. The molecule has 3 fully saturated rings. The maximum absolute atomic E-state index is 11.6. The first-order valence-corrected chi connectivity index (χ1v) is 8.11. The Labute approximate surface area is 108 Å². The maximum atomic E-state index is 11.6. The Bertz CT molecular complexity index is 397. The van der Waals surface area contributed by atoms with Gasteiger partial charge in [-0.05, 0) is 12.8 Å². The predicted octanol–water partition coefficient (Wildman–Crippen LogP) is 0.811. The Morgan fingerprint density at radius 1 is 1.50 bits per heavy atom. The molecular formula is C9H13IO5S. The quantitative estimate of drug-likeness (QED) is 0.424. The van der Waals surface area contributed by atoms with Gasteiger partial charge in [0, 0.05) is 0 Å². The molecule has 3 aliphatic heterocycles. The van der Waals surface area contributed by atoms with Gasteiger partial charge < -0.3 is 9.47 Å². The van der Waals surface area contributed by atoms with Crippen molar-refractivity contribution in [2.75, 3.05) is 0 Å². The van der Waals surface area contributed by atoms with Crippen LogP contribution in [-0.2, 0) is 23.8 Å². The monoisotopic (exact) mass is 360 g/mol. The lowest BCUT2D eigenvalue weighted by molar-refractivity contribution is -0.0334. The van der Waals surface area contributed by atoms with E-state index in [0.717, 1.165) is 6.42 Å². The number of hydrogen-bond acceptors (Lipinski definition) is 5. The van der Waals surface area contributed by atoms with Crippen LogP contribution in [0.5, 0.6) is 0 Å². The lowest BCUT2D eigenvalue weighted by atomic mass is 9.94. The Morgan fingerprint density at radius 2 is 2.25 bits per heavy atom. The molecule has 0 N–H and O–H groups in total. The third kappa shape index (κ3) is 1.55. The molecule has 0 aliphatic carbocycles. The highest BCUT2D eigenvalue weighted by atomic mass is 127. The zero-order valence-corrected chi connectivity index (χ0v) is 11.7. The van der Waals surface area contributed by atoms with Gasteiger partial charge in [0.25, 0.3) is 10.1 Å². The van der Waals surface area contributed by atoms with Gasteiger partial charge in [0.15, 0.2) is 0 Å². The fourth-order valence-electron chi connectivity index (χ4n) is 2.66. The van der Waals surface area contributed by atoms with Gasteiger partial charge in [-0.2, -0.15) is 8.42 Å². The molecule has 7 heteroatoms. The fraction of sp³-hybridized carbons (Fsp3) is 1.00.